The minimum absolute atomic E-state index is 0.0227. The largest absolute Gasteiger partial charge is 0.351 e. The van der Waals surface area contributed by atoms with Crippen LogP contribution in [0, 0.1) is 20.8 Å². The Morgan fingerprint density at radius 2 is 1.61 bits per heavy atom. The van der Waals surface area contributed by atoms with E-state index in [1.165, 1.54) is 22.5 Å². The van der Waals surface area contributed by atoms with E-state index in [-0.39, 0.29) is 12.1 Å². The minimum atomic E-state index is -0.0566. The average Bonchev–Trinajstić information content (AvgIpc) is 3.31. The van der Waals surface area contributed by atoms with Gasteiger partial charge in [0.15, 0.2) is 5.11 Å². The van der Waals surface area contributed by atoms with Crippen LogP contribution in [0.4, 0.5) is 5.69 Å². The fraction of sp³-hybridized carbons (Fsp3) is 0.185. The molecule has 4 nitrogen and oxygen atoms in total. The number of pyridine rings is 1. The number of aromatic nitrogens is 2. The highest BCUT2D eigenvalue weighted by atomic mass is 79.9. The molecule has 0 radical (unpaired) electrons. The van der Waals surface area contributed by atoms with Gasteiger partial charge in [-0.1, -0.05) is 39.7 Å². The van der Waals surface area contributed by atoms with Crippen molar-refractivity contribution in [3.05, 3.63) is 112 Å². The first-order chi connectivity index (χ1) is 15.9. The first-order valence-corrected chi connectivity index (χ1v) is 12.2. The SMILES string of the molecule is Cc1ccc(N2C(=S)NC(c3ccccn3)C2c2cc(C)n(-c3ccc(Br)cc3)c2C)cc1. The van der Waals surface area contributed by atoms with Gasteiger partial charge >= 0.3 is 0 Å². The van der Waals surface area contributed by atoms with Crippen LogP contribution < -0.4 is 10.2 Å². The normalized spacial score (nSPS) is 17.9. The summed E-state index contributed by atoms with van der Waals surface area (Å²) in [5, 5.41) is 4.28. The van der Waals surface area contributed by atoms with Gasteiger partial charge in [0.1, 0.15) is 0 Å². The molecule has 0 spiro atoms. The molecule has 0 saturated carbocycles. The van der Waals surface area contributed by atoms with Crippen molar-refractivity contribution < 1.29 is 0 Å². The maximum atomic E-state index is 5.88. The highest BCUT2D eigenvalue weighted by Crippen LogP contribution is 2.43. The number of thiocarbonyl (C=S) groups is 1. The van der Waals surface area contributed by atoms with E-state index in [4.69, 9.17) is 12.2 Å². The summed E-state index contributed by atoms with van der Waals surface area (Å²) in [4.78, 5) is 6.92. The fourth-order valence-corrected chi connectivity index (χ4v) is 5.34. The summed E-state index contributed by atoms with van der Waals surface area (Å²) in [5.41, 5.74) is 8.05. The zero-order valence-electron chi connectivity index (χ0n) is 18.8. The number of nitrogens with zero attached hydrogens (tertiary/aromatic N) is 3. The van der Waals surface area contributed by atoms with Crippen molar-refractivity contribution in [1.82, 2.24) is 14.9 Å². The van der Waals surface area contributed by atoms with Gasteiger partial charge in [-0.3, -0.25) is 4.98 Å². The van der Waals surface area contributed by atoms with E-state index in [0.29, 0.717) is 5.11 Å². The summed E-state index contributed by atoms with van der Waals surface area (Å²) in [5.74, 6) is 0. The van der Waals surface area contributed by atoms with Crippen molar-refractivity contribution in [2.75, 3.05) is 4.90 Å². The van der Waals surface area contributed by atoms with Crippen molar-refractivity contribution in [3.63, 3.8) is 0 Å². The molecule has 33 heavy (non-hydrogen) atoms. The summed E-state index contributed by atoms with van der Waals surface area (Å²) in [6.45, 7) is 6.45. The molecule has 1 aliphatic rings. The topological polar surface area (TPSA) is 33.1 Å². The second kappa shape index (κ2) is 8.76. The van der Waals surface area contributed by atoms with E-state index in [2.05, 4.69) is 117 Å². The van der Waals surface area contributed by atoms with Gasteiger partial charge in [-0.15, -0.1) is 0 Å². The number of hydrogen-bond donors (Lipinski definition) is 1. The molecular weight excluding hydrogens is 492 g/mol. The van der Waals surface area contributed by atoms with Crippen molar-refractivity contribution in [2.24, 2.45) is 0 Å². The predicted molar refractivity (Wildman–Crippen MR) is 142 cm³/mol. The standard InChI is InChI=1S/C27H25BrN4S/c1-17-7-11-22(12-8-17)32-26(25(30-27(32)33)24-6-4-5-15-29-24)23-16-18(2)31(19(23)3)21-13-9-20(28)10-14-21/h4-16,25-26H,1-3H3,(H,30,33). The zero-order chi connectivity index (χ0) is 23.1. The minimum Gasteiger partial charge on any atom is -0.351 e. The third-order valence-electron chi connectivity index (χ3n) is 6.28. The molecule has 3 heterocycles. The molecule has 1 N–H and O–H groups in total. The number of halogens is 1. The lowest BCUT2D eigenvalue weighted by atomic mass is 9.96. The molecule has 5 rings (SSSR count). The van der Waals surface area contributed by atoms with Crippen LogP contribution in [0.1, 0.15) is 40.3 Å². The summed E-state index contributed by atoms with van der Waals surface area (Å²) < 4.78 is 3.38. The van der Waals surface area contributed by atoms with Crippen molar-refractivity contribution >= 4 is 38.9 Å². The summed E-state index contributed by atoms with van der Waals surface area (Å²) in [6.07, 6.45) is 1.84. The zero-order valence-corrected chi connectivity index (χ0v) is 21.2. The van der Waals surface area contributed by atoms with E-state index in [0.717, 1.165) is 21.5 Å². The molecule has 6 heteroatoms. The van der Waals surface area contributed by atoms with Gasteiger partial charge in [-0.05, 0) is 93.1 Å². The molecule has 1 saturated heterocycles. The Morgan fingerprint density at radius 3 is 2.27 bits per heavy atom. The lowest BCUT2D eigenvalue weighted by molar-refractivity contribution is 0.565. The second-order valence-electron chi connectivity index (χ2n) is 8.47. The van der Waals surface area contributed by atoms with Gasteiger partial charge < -0.3 is 14.8 Å². The molecule has 4 aromatic rings. The first-order valence-electron chi connectivity index (χ1n) is 11.0. The van der Waals surface area contributed by atoms with Gasteiger partial charge in [-0.25, -0.2) is 0 Å². The Labute approximate surface area is 208 Å². The van der Waals surface area contributed by atoms with Crippen LogP contribution in [0.5, 0.6) is 0 Å². The molecule has 1 aliphatic heterocycles. The number of anilines is 1. The summed E-state index contributed by atoms with van der Waals surface area (Å²) in [6, 6.07) is 25.2. The van der Waals surface area contributed by atoms with Crippen LogP contribution in [-0.2, 0) is 0 Å². The maximum absolute atomic E-state index is 5.88. The van der Waals surface area contributed by atoms with Gasteiger partial charge in [0.2, 0.25) is 0 Å². The number of rotatable bonds is 4. The lowest BCUT2D eigenvalue weighted by Gasteiger charge is -2.28. The summed E-state index contributed by atoms with van der Waals surface area (Å²) >= 11 is 9.42. The van der Waals surface area contributed by atoms with Crippen LogP contribution >= 0.6 is 28.1 Å². The molecular formula is C27H25BrN4S. The van der Waals surface area contributed by atoms with Crippen LogP contribution in [0.25, 0.3) is 5.69 Å². The monoisotopic (exact) mass is 516 g/mol. The van der Waals surface area contributed by atoms with Crippen LogP contribution in [0.15, 0.2) is 83.5 Å². The van der Waals surface area contributed by atoms with Gasteiger partial charge in [0.25, 0.3) is 0 Å². The quantitative estimate of drug-likeness (QED) is 0.304. The smallest absolute Gasteiger partial charge is 0.174 e. The fourth-order valence-electron chi connectivity index (χ4n) is 4.73. The molecule has 166 valence electrons. The maximum Gasteiger partial charge on any atom is 0.174 e. The third kappa shape index (κ3) is 3.98. The number of nitrogens with one attached hydrogen (secondary N) is 1. The van der Waals surface area contributed by atoms with Gasteiger partial charge in [-0.2, -0.15) is 0 Å². The number of aryl methyl sites for hydroxylation is 2. The van der Waals surface area contributed by atoms with Crippen LogP contribution in [-0.4, -0.2) is 14.7 Å². The van der Waals surface area contributed by atoms with Crippen molar-refractivity contribution in [2.45, 2.75) is 32.9 Å². The molecule has 0 aliphatic carbocycles. The van der Waals surface area contributed by atoms with E-state index >= 15 is 0 Å². The Morgan fingerprint density at radius 1 is 0.909 bits per heavy atom. The van der Waals surface area contributed by atoms with E-state index in [1.807, 2.05) is 18.3 Å². The van der Waals surface area contributed by atoms with E-state index in [9.17, 15) is 0 Å². The van der Waals surface area contributed by atoms with Crippen molar-refractivity contribution in [3.8, 4) is 5.69 Å². The van der Waals surface area contributed by atoms with Gasteiger partial charge in [0, 0.05) is 33.4 Å². The average molecular weight is 517 g/mol. The highest BCUT2D eigenvalue weighted by molar-refractivity contribution is 9.10. The van der Waals surface area contributed by atoms with Crippen LogP contribution in [0.2, 0.25) is 0 Å². The number of hydrogen-bond acceptors (Lipinski definition) is 2. The first kappa shape index (κ1) is 21.9. The Balaban J connectivity index is 1.67. The summed E-state index contributed by atoms with van der Waals surface area (Å²) in [7, 11) is 0. The second-order valence-corrected chi connectivity index (χ2v) is 9.77. The van der Waals surface area contributed by atoms with E-state index in [1.54, 1.807) is 0 Å². The number of benzene rings is 2. The molecule has 1 fully saturated rings. The van der Waals surface area contributed by atoms with Crippen LogP contribution in [0.3, 0.4) is 0 Å². The Hall–Kier alpha value is -2.96. The molecule has 2 unspecified atom stereocenters. The lowest BCUT2D eigenvalue weighted by Crippen LogP contribution is -2.29. The third-order valence-corrected chi connectivity index (χ3v) is 7.13. The molecule has 0 amide bonds. The Kier molecular flexibility index (Phi) is 5.81. The Bertz CT molecular complexity index is 1300. The molecule has 2 aromatic carbocycles. The molecule has 2 aromatic heterocycles. The van der Waals surface area contributed by atoms with Gasteiger partial charge in [0.05, 0.1) is 17.8 Å². The molecule has 2 atom stereocenters. The highest BCUT2D eigenvalue weighted by Gasteiger charge is 2.42. The van der Waals surface area contributed by atoms with E-state index < -0.39 is 0 Å². The van der Waals surface area contributed by atoms with Crippen molar-refractivity contribution in [1.29, 1.82) is 0 Å². The predicted octanol–water partition coefficient (Wildman–Crippen LogP) is 6.74. The molecule has 0 bridgehead atoms.